The molecule has 3 aromatic heterocycles. The lowest BCUT2D eigenvalue weighted by atomic mass is 10.0. The minimum atomic E-state index is 0.471. The van der Waals surface area contributed by atoms with Crippen molar-refractivity contribution in [3.63, 3.8) is 0 Å². The Morgan fingerprint density at radius 2 is 0.548 bits per heavy atom. The van der Waals surface area contributed by atoms with Crippen LogP contribution in [0.2, 0.25) is 0 Å². The van der Waals surface area contributed by atoms with Gasteiger partial charge in [0, 0.05) is 36.2 Å². The minimum Gasteiger partial charge on any atom is -0.261 e. The number of rotatable bonds is 6. The quantitative estimate of drug-likeness (QED) is 0.291. The molecule has 0 saturated carbocycles. The Morgan fingerprint density at radius 3 is 0.690 bits per heavy atom. The van der Waals surface area contributed by atoms with E-state index >= 15 is 0 Å². The maximum Gasteiger partial charge on any atom is 0.0612 e. The van der Waals surface area contributed by atoms with Crippen molar-refractivity contribution in [2.45, 2.75) is 160 Å². The highest BCUT2D eigenvalue weighted by Crippen LogP contribution is 2.17. The Kier molecular flexibility index (Phi) is 27.2. The highest BCUT2D eigenvalue weighted by Gasteiger charge is 2.04. The van der Waals surface area contributed by atoms with Gasteiger partial charge in [0.1, 0.15) is 0 Å². The van der Waals surface area contributed by atoms with E-state index in [-0.39, 0.29) is 0 Å². The van der Waals surface area contributed by atoms with Crippen molar-refractivity contribution in [2.75, 3.05) is 0 Å². The summed E-state index contributed by atoms with van der Waals surface area (Å²) in [4.78, 5) is 17.5. The molecule has 0 aromatic carbocycles. The molecule has 240 valence electrons. The van der Waals surface area contributed by atoms with Gasteiger partial charge in [-0.25, -0.2) is 0 Å². The molecule has 0 aliphatic heterocycles. The zero-order chi connectivity index (χ0) is 33.4. The second kappa shape index (κ2) is 26.0. The lowest BCUT2D eigenvalue weighted by Crippen LogP contribution is -1.98. The van der Waals surface area contributed by atoms with Crippen molar-refractivity contribution >= 4 is 0 Å². The molecule has 0 radical (unpaired) electrons. The molecule has 0 unspecified atom stereocenters. The van der Waals surface area contributed by atoms with Crippen molar-refractivity contribution < 1.29 is 0 Å². The third-order valence-electron chi connectivity index (χ3n) is 6.01. The molecule has 0 amide bonds. The number of pyridine rings is 2. The van der Waals surface area contributed by atoms with Crippen LogP contribution in [0.25, 0.3) is 0 Å². The first kappa shape index (κ1) is 43.8. The fourth-order valence-corrected chi connectivity index (χ4v) is 3.14. The Morgan fingerprint density at radius 1 is 0.310 bits per heavy atom. The fraction of sp³-hybridized carbons (Fsp3) is 0.632. The van der Waals surface area contributed by atoms with Crippen LogP contribution in [0.15, 0.2) is 49.1 Å². The van der Waals surface area contributed by atoms with E-state index in [1.807, 2.05) is 66.3 Å². The highest BCUT2D eigenvalue weighted by atomic mass is 14.8. The van der Waals surface area contributed by atoms with E-state index in [1.54, 1.807) is 0 Å². The van der Waals surface area contributed by atoms with E-state index in [4.69, 9.17) is 0 Å². The van der Waals surface area contributed by atoms with Crippen LogP contribution in [0.3, 0.4) is 0 Å². The standard InChI is InChI=1S/2C11H17N.C10H16N2.3C2H6/c2*1-8(2)10-5-6-11(9(3)4)12-7-10;1-7(2)9-5-12-10(6-11-9)8(3)4;3*1-2/h2*5-9H,1-4H3;5-8H,1-4H3;3*1-2H3. The molecule has 0 fully saturated rings. The van der Waals surface area contributed by atoms with Crippen LogP contribution in [-0.2, 0) is 0 Å². The van der Waals surface area contributed by atoms with Gasteiger partial charge in [0.05, 0.1) is 11.4 Å². The molecule has 0 bridgehead atoms. The molecule has 4 heteroatoms. The van der Waals surface area contributed by atoms with Crippen LogP contribution in [0.4, 0.5) is 0 Å². The van der Waals surface area contributed by atoms with Crippen LogP contribution in [0.5, 0.6) is 0 Å². The number of nitrogens with zero attached hydrogens (tertiary/aromatic N) is 4. The second-order valence-corrected chi connectivity index (χ2v) is 11.3. The van der Waals surface area contributed by atoms with Crippen molar-refractivity contribution in [3.8, 4) is 0 Å². The fourth-order valence-electron chi connectivity index (χ4n) is 3.14. The predicted octanol–water partition coefficient (Wildman–Crippen LogP) is 12.5. The first-order valence-electron chi connectivity index (χ1n) is 16.6. The van der Waals surface area contributed by atoms with Crippen molar-refractivity contribution in [1.29, 1.82) is 0 Å². The van der Waals surface area contributed by atoms with Crippen LogP contribution < -0.4 is 0 Å². The SMILES string of the molecule is CC.CC.CC.CC(C)c1ccc(C(C)C)nc1.CC(C)c1ccc(C(C)C)nc1.CC(C)c1cnc(C(C)C)cn1. The summed E-state index contributed by atoms with van der Waals surface area (Å²) >= 11 is 0. The van der Waals surface area contributed by atoms with Crippen molar-refractivity contribution in [1.82, 2.24) is 19.9 Å². The summed E-state index contributed by atoms with van der Waals surface area (Å²) in [5.74, 6) is 3.17. The largest absolute Gasteiger partial charge is 0.261 e. The monoisotopic (exact) mass is 581 g/mol. The summed E-state index contributed by atoms with van der Waals surface area (Å²) < 4.78 is 0. The number of hydrogen-bond acceptors (Lipinski definition) is 4. The highest BCUT2D eigenvalue weighted by molar-refractivity contribution is 5.19. The molecule has 0 aliphatic carbocycles. The topological polar surface area (TPSA) is 51.6 Å². The summed E-state index contributed by atoms with van der Waals surface area (Å²) in [6, 6.07) is 8.60. The first-order valence-corrected chi connectivity index (χ1v) is 16.6. The Bertz CT molecular complexity index is 756. The van der Waals surface area contributed by atoms with E-state index in [1.165, 1.54) is 22.5 Å². The number of aromatic nitrogens is 4. The van der Waals surface area contributed by atoms with Gasteiger partial charge in [-0.3, -0.25) is 19.9 Å². The van der Waals surface area contributed by atoms with Crippen molar-refractivity contribution in [2.24, 2.45) is 0 Å². The van der Waals surface area contributed by atoms with Gasteiger partial charge in [-0.05, 0) is 58.8 Å². The second-order valence-electron chi connectivity index (χ2n) is 11.3. The maximum atomic E-state index is 4.40. The predicted molar refractivity (Wildman–Crippen MR) is 189 cm³/mol. The average molecular weight is 581 g/mol. The zero-order valence-electron chi connectivity index (χ0n) is 30.9. The number of hydrogen-bond donors (Lipinski definition) is 0. The molecule has 0 aliphatic rings. The van der Waals surface area contributed by atoms with Gasteiger partial charge in [0.25, 0.3) is 0 Å². The van der Waals surface area contributed by atoms with E-state index in [2.05, 4.69) is 127 Å². The van der Waals surface area contributed by atoms with E-state index in [0.717, 1.165) is 11.4 Å². The van der Waals surface area contributed by atoms with Gasteiger partial charge >= 0.3 is 0 Å². The third-order valence-corrected chi connectivity index (χ3v) is 6.01. The van der Waals surface area contributed by atoms with Crippen LogP contribution in [0, 0.1) is 0 Å². The molecule has 0 spiro atoms. The van der Waals surface area contributed by atoms with E-state index in [9.17, 15) is 0 Å². The molecule has 3 heterocycles. The summed E-state index contributed by atoms with van der Waals surface area (Å²) in [6.45, 7) is 37.9. The van der Waals surface area contributed by atoms with Gasteiger partial charge in [-0.15, -0.1) is 0 Å². The summed E-state index contributed by atoms with van der Waals surface area (Å²) in [7, 11) is 0. The van der Waals surface area contributed by atoms with E-state index in [0.29, 0.717) is 35.5 Å². The van der Waals surface area contributed by atoms with Gasteiger partial charge in [0.15, 0.2) is 0 Å². The third kappa shape index (κ3) is 18.7. The van der Waals surface area contributed by atoms with Gasteiger partial charge in [-0.1, -0.05) is 137 Å². The molecule has 4 nitrogen and oxygen atoms in total. The Balaban J connectivity index is -0.000000497. The molecule has 0 N–H and O–H groups in total. The molecular formula is C38H68N4. The lowest BCUT2D eigenvalue weighted by Gasteiger charge is -2.07. The average Bonchev–Trinajstić information content (AvgIpc) is 3.01. The van der Waals surface area contributed by atoms with Gasteiger partial charge in [-0.2, -0.15) is 0 Å². The van der Waals surface area contributed by atoms with Crippen LogP contribution in [0.1, 0.15) is 194 Å². The Hall–Kier alpha value is -2.62. The van der Waals surface area contributed by atoms with Crippen LogP contribution >= 0.6 is 0 Å². The van der Waals surface area contributed by atoms with Crippen molar-refractivity contribution in [3.05, 3.63) is 83.0 Å². The van der Waals surface area contributed by atoms with Crippen LogP contribution in [-0.4, -0.2) is 19.9 Å². The molecular weight excluding hydrogens is 512 g/mol. The van der Waals surface area contributed by atoms with Gasteiger partial charge < -0.3 is 0 Å². The summed E-state index contributed by atoms with van der Waals surface area (Å²) in [5.41, 5.74) is 7.14. The first-order chi connectivity index (χ1) is 19.8. The normalized spacial score (nSPS) is 10.0. The molecule has 3 aromatic rings. The Labute approximate surface area is 262 Å². The van der Waals surface area contributed by atoms with Gasteiger partial charge in [0.2, 0.25) is 0 Å². The smallest absolute Gasteiger partial charge is 0.0612 e. The molecule has 0 saturated heterocycles. The molecule has 42 heavy (non-hydrogen) atoms. The summed E-state index contributed by atoms with van der Waals surface area (Å²) in [5, 5.41) is 0. The summed E-state index contributed by atoms with van der Waals surface area (Å²) in [6.07, 6.45) is 7.72. The molecule has 0 atom stereocenters. The minimum absolute atomic E-state index is 0.471. The lowest BCUT2D eigenvalue weighted by molar-refractivity contribution is 0.767. The molecule has 3 rings (SSSR count). The maximum absolute atomic E-state index is 4.40. The zero-order valence-corrected chi connectivity index (χ0v) is 30.9. The van der Waals surface area contributed by atoms with E-state index < -0.39 is 0 Å².